The van der Waals surface area contributed by atoms with Crippen molar-refractivity contribution in [3.05, 3.63) is 55.4 Å². The molecular formula is C23H27ClN6O4. The van der Waals surface area contributed by atoms with E-state index in [1.54, 1.807) is 26.3 Å². The van der Waals surface area contributed by atoms with Gasteiger partial charge in [-0.2, -0.15) is 4.98 Å². The van der Waals surface area contributed by atoms with Crippen molar-refractivity contribution in [2.24, 2.45) is 7.05 Å². The molecule has 180 valence electrons. The Bertz CT molecular complexity index is 1520. The highest BCUT2D eigenvalue weighted by Gasteiger charge is 2.24. The van der Waals surface area contributed by atoms with Gasteiger partial charge in [-0.25, -0.2) is 4.79 Å². The molecule has 0 bridgehead atoms. The minimum Gasteiger partial charge on any atom is -0.495 e. The number of benzene rings is 1. The first kappa shape index (κ1) is 22.7. The Balaban J connectivity index is 1.70. The number of halogens is 1. The van der Waals surface area contributed by atoms with Crippen molar-refractivity contribution in [2.75, 3.05) is 40.0 Å². The maximum absolute atomic E-state index is 13.6. The summed E-state index contributed by atoms with van der Waals surface area (Å²) in [5.74, 6) is 1.12. The molecule has 11 heteroatoms. The van der Waals surface area contributed by atoms with E-state index in [4.69, 9.17) is 26.1 Å². The number of morpholine rings is 1. The first-order valence-corrected chi connectivity index (χ1v) is 11.5. The van der Waals surface area contributed by atoms with Crippen LogP contribution in [-0.2, 0) is 18.3 Å². The number of aryl methyl sites for hydroxylation is 2. The third-order valence-corrected chi connectivity index (χ3v) is 6.95. The van der Waals surface area contributed by atoms with E-state index in [2.05, 4.69) is 4.90 Å². The maximum Gasteiger partial charge on any atom is 0.332 e. The smallest absolute Gasteiger partial charge is 0.332 e. The number of rotatable bonds is 5. The number of hydrogen-bond acceptors (Lipinski definition) is 6. The Labute approximate surface area is 200 Å². The van der Waals surface area contributed by atoms with E-state index in [0.717, 1.165) is 30.2 Å². The summed E-state index contributed by atoms with van der Waals surface area (Å²) in [6, 6.07) is 5.47. The standard InChI is InChI=1S/C23H27ClN6O4/c1-14-15(2)30-19-20(25-22(30)29(14)16-5-6-18(33-4)17(24)13-16)26(3)23(32)28(21(19)31)8-7-27-9-11-34-12-10-27/h5-6,13H,7-12H2,1-4H3. The molecule has 0 unspecified atom stereocenters. The second-order valence-electron chi connectivity index (χ2n) is 8.50. The van der Waals surface area contributed by atoms with Crippen LogP contribution < -0.4 is 16.0 Å². The molecule has 1 fully saturated rings. The molecule has 0 N–H and O–H groups in total. The normalized spacial score (nSPS) is 15.0. The van der Waals surface area contributed by atoms with Crippen LogP contribution >= 0.6 is 11.6 Å². The van der Waals surface area contributed by atoms with Crippen LogP contribution in [0.2, 0.25) is 5.02 Å². The van der Waals surface area contributed by atoms with Gasteiger partial charge in [0.15, 0.2) is 11.2 Å². The number of fused-ring (bicyclic) bond motifs is 3. The summed E-state index contributed by atoms with van der Waals surface area (Å²) < 4.78 is 17.2. The van der Waals surface area contributed by atoms with Crippen molar-refractivity contribution < 1.29 is 9.47 Å². The largest absolute Gasteiger partial charge is 0.495 e. The minimum absolute atomic E-state index is 0.307. The zero-order chi connectivity index (χ0) is 24.1. The van der Waals surface area contributed by atoms with Crippen molar-refractivity contribution in [3.63, 3.8) is 0 Å². The lowest BCUT2D eigenvalue weighted by molar-refractivity contribution is 0.0361. The third kappa shape index (κ3) is 3.44. The van der Waals surface area contributed by atoms with Crippen LogP contribution in [0.1, 0.15) is 11.4 Å². The number of nitrogens with zero attached hydrogens (tertiary/aromatic N) is 6. The summed E-state index contributed by atoms with van der Waals surface area (Å²) in [5.41, 5.74) is 2.59. The van der Waals surface area contributed by atoms with Crippen molar-refractivity contribution >= 4 is 28.5 Å². The van der Waals surface area contributed by atoms with Gasteiger partial charge >= 0.3 is 5.69 Å². The Hall–Kier alpha value is -3.08. The lowest BCUT2D eigenvalue weighted by Gasteiger charge is -2.26. The molecule has 1 aliphatic rings. The molecule has 34 heavy (non-hydrogen) atoms. The van der Waals surface area contributed by atoms with E-state index in [1.165, 1.54) is 9.13 Å². The van der Waals surface area contributed by atoms with Crippen molar-refractivity contribution in [1.29, 1.82) is 0 Å². The Morgan fingerprint density at radius 3 is 2.53 bits per heavy atom. The van der Waals surface area contributed by atoms with Crippen LogP contribution in [0.5, 0.6) is 5.75 Å². The molecule has 1 saturated heterocycles. The molecule has 0 aliphatic carbocycles. The molecule has 1 aromatic carbocycles. The summed E-state index contributed by atoms with van der Waals surface area (Å²) in [5, 5.41) is 0.470. The van der Waals surface area contributed by atoms with Gasteiger partial charge in [-0.1, -0.05) is 11.6 Å². The van der Waals surface area contributed by atoms with Gasteiger partial charge in [0, 0.05) is 44.6 Å². The fourth-order valence-corrected chi connectivity index (χ4v) is 4.87. The molecule has 4 heterocycles. The summed E-state index contributed by atoms with van der Waals surface area (Å²) in [7, 11) is 3.22. The molecule has 3 aromatic heterocycles. The fourth-order valence-electron chi connectivity index (χ4n) is 4.62. The van der Waals surface area contributed by atoms with E-state index in [1.807, 2.05) is 28.9 Å². The van der Waals surface area contributed by atoms with Crippen LogP contribution in [-0.4, -0.2) is 67.9 Å². The average Bonchev–Trinajstić information content (AvgIpc) is 3.33. The van der Waals surface area contributed by atoms with Crippen molar-refractivity contribution in [3.8, 4) is 11.4 Å². The van der Waals surface area contributed by atoms with Gasteiger partial charge in [0.1, 0.15) is 5.75 Å². The van der Waals surface area contributed by atoms with Gasteiger partial charge in [-0.05, 0) is 32.0 Å². The monoisotopic (exact) mass is 486 g/mol. The topological polar surface area (TPSA) is 87.9 Å². The summed E-state index contributed by atoms with van der Waals surface area (Å²) >= 11 is 6.38. The zero-order valence-electron chi connectivity index (χ0n) is 19.7. The lowest BCUT2D eigenvalue weighted by Crippen LogP contribution is -2.44. The van der Waals surface area contributed by atoms with E-state index >= 15 is 0 Å². The summed E-state index contributed by atoms with van der Waals surface area (Å²) in [6.45, 7) is 7.73. The molecule has 0 spiro atoms. The highest BCUT2D eigenvalue weighted by molar-refractivity contribution is 6.32. The number of imidazole rings is 2. The van der Waals surface area contributed by atoms with Crippen LogP contribution in [0.4, 0.5) is 0 Å². The first-order chi connectivity index (χ1) is 16.3. The van der Waals surface area contributed by atoms with Gasteiger partial charge in [-0.3, -0.25) is 27.8 Å². The highest BCUT2D eigenvalue weighted by Crippen LogP contribution is 2.30. The fraction of sp³-hybridized carbons (Fsp3) is 0.435. The number of ether oxygens (including phenoxy) is 2. The highest BCUT2D eigenvalue weighted by atomic mass is 35.5. The van der Waals surface area contributed by atoms with Gasteiger partial charge in [0.2, 0.25) is 5.78 Å². The van der Waals surface area contributed by atoms with Crippen LogP contribution in [0.25, 0.3) is 22.6 Å². The van der Waals surface area contributed by atoms with E-state index < -0.39 is 0 Å². The van der Waals surface area contributed by atoms with E-state index in [9.17, 15) is 9.59 Å². The van der Waals surface area contributed by atoms with Crippen molar-refractivity contribution in [1.82, 2.24) is 28.0 Å². The zero-order valence-corrected chi connectivity index (χ0v) is 20.4. The van der Waals surface area contributed by atoms with Crippen molar-refractivity contribution in [2.45, 2.75) is 20.4 Å². The molecule has 1 aliphatic heterocycles. The predicted octanol–water partition coefficient (Wildman–Crippen LogP) is 1.75. The van der Waals surface area contributed by atoms with Gasteiger partial charge < -0.3 is 9.47 Å². The second-order valence-corrected chi connectivity index (χ2v) is 8.90. The Morgan fingerprint density at radius 2 is 1.85 bits per heavy atom. The van der Waals surface area contributed by atoms with Crippen LogP contribution in [0.15, 0.2) is 27.8 Å². The number of methoxy groups -OCH3 is 1. The lowest BCUT2D eigenvalue weighted by atomic mass is 10.2. The predicted molar refractivity (Wildman–Crippen MR) is 130 cm³/mol. The van der Waals surface area contributed by atoms with Gasteiger partial charge in [-0.15, -0.1) is 0 Å². The first-order valence-electron chi connectivity index (χ1n) is 11.2. The number of hydrogen-bond donors (Lipinski definition) is 0. The SMILES string of the molecule is COc1ccc(-n2c(C)c(C)n3c4c(=O)n(CCN5CCOCC5)c(=O)n(C)c4nc23)cc1Cl. The summed E-state index contributed by atoms with van der Waals surface area (Å²) in [6.07, 6.45) is 0. The van der Waals surface area contributed by atoms with E-state index in [-0.39, 0.29) is 11.2 Å². The van der Waals surface area contributed by atoms with E-state index in [0.29, 0.717) is 54.0 Å². The van der Waals surface area contributed by atoms with Crippen LogP contribution in [0.3, 0.4) is 0 Å². The van der Waals surface area contributed by atoms with Crippen LogP contribution in [0, 0.1) is 13.8 Å². The van der Waals surface area contributed by atoms with Gasteiger partial charge in [0.25, 0.3) is 5.56 Å². The molecular weight excluding hydrogens is 460 g/mol. The molecule has 0 atom stereocenters. The molecule has 4 aromatic rings. The molecule has 5 rings (SSSR count). The molecule has 0 saturated carbocycles. The minimum atomic E-state index is -0.375. The third-order valence-electron chi connectivity index (χ3n) is 6.66. The Kier molecular flexibility index (Phi) is 5.75. The molecule has 0 amide bonds. The number of aromatic nitrogens is 5. The average molecular weight is 487 g/mol. The Morgan fingerprint density at radius 1 is 1.12 bits per heavy atom. The molecule has 0 radical (unpaired) electrons. The molecule has 10 nitrogen and oxygen atoms in total. The maximum atomic E-state index is 13.6. The quantitative estimate of drug-likeness (QED) is 0.427. The summed E-state index contributed by atoms with van der Waals surface area (Å²) in [4.78, 5) is 33.6. The second kappa shape index (κ2) is 8.61. The van der Waals surface area contributed by atoms with Gasteiger partial charge in [0.05, 0.1) is 31.0 Å².